The van der Waals surface area contributed by atoms with Gasteiger partial charge in [0.15, 0.2) is 0 Å². The first-order valence-corrected chi connectivity index (χ1v) is 3.52. The van der Waals surface area contributed by atoms with Crippen LogP contribution in [0.5, 0.6) is 0 Å². The second kappa shape index (κ2) is 3.76. The first-order chi connectivity index (χ1) is 5.66. The maximum absolute atomic E-state index is 12.1. The van der Waals surface area contributed by atoms with Gasteiger partial charge in [0.2, 0.25) is 0 Å². The van der Waals surface area contributed by atoms with E-state index in [9.17, 15) is 13.2 Å². The molecule has 0 aliphatic heterocycles. The smallest absolute Gasteiger partial charge is 0.255 e. The van der Waals surface area contributed by atoms with E-state index >= 15 is 0 Å². The summed E-state index contributed by atoms with van der Waals surface area (Å²) in [6.07, 6.45) is -1.65. The van der Waals surface area contributed by atoms with Crippen molar-refractivity contribution in [2.45, 2.75) is 13.1 Å². The van der Waals surface area contributed by atoms with Crippen LogP contribution in [0.2, 0.25) is 5.02 Å². The summed E-state index contributed by atoms with van der Waals surface area (Å²) >= 11 is 5.46. The molecule has 0 aromatic carbocycles. The minimum absolute atomic E-state index is 0.0113. The zero-order chi connectivity index (χ0) is 9.14. The number of rotatable bonds is 2. The fraction of sp³-hybridized carbons (Fsp3) is 0.286. The van der Waals surface area contributed by atoms with E-state index < -0.39 is 18.8 Å². The van der Waals surface area contributed by atoms with Crippen LogP contribution in [0.3, 0.4) is 0 Å². The number of pyridine rings is 1. The molecule has 0 saturated heterocycles. The molecule has 0 unspecified atom stereocenters. The molecule has 0 fully saturated rings. The van der Waals surface area contributed by atoms with Crippen molar-refractivity contribution in [3.63, 3.8) is 0 Å². The summed E-state index contributed by atoms with van der Waals surface area (Å²) in [5, 5.41) is -0.0113. The van der Waals surface area contributed by atoms with Crippen molar-refractivity contribution in [1.29, 1.82) is 0 Å². The Morgan fingerprint density at radius 1 is 1.50 bits per heavy atom. The standard InChI is InChI=1S/C7H5ClF3N/c8-5-1-2-12-6(7(10)11)4(5)3-9/h1-2,7H,3H2. The van der Waals surface area contributed by atoms with Crippen molar-refractivity contribution in [3.05, 3.63) is 28.5 Å². The lowest BCUT2D eigenvalue weighted by Crippen LogP contribution is -1.97. The van der Waals surface area contributed by atoms with Gasteiger partial charge in [0.1, 0.15) is 12.4 Å². The van der Waals surface area contributed by atoms with Crippen molar-refractivity contribution in [3.8, 4) is 0 Å². The van der Waals surface area contributed by atoms with E-state index in [0.29, 0.717) is 0 Å². The van der Waals surface area contributed by atoms with Crippen molar-refractivity contribution in [1.82, 2.24) is 4.98 Å². The third-order valence-electron chi connectivity index (χ3n) is 1.37. The Hall–Kier alpha value is -0.770. The molecule has 5 heteroatoms. The molecule has 0 saturated carbocycles. The summed E-state index contributed by atoms with van der Waals surface area (Å²) < 4.78 is 36.4. The fourth-order valence-electron chi connectivity index (χ4n) is 0.804. The summed E-state index contributed by atoms with van der Waals surface area (Å²) in [5.41, 5.74) is -0.806. The van der Waals surface area contributed by atoms with Gasteiger partial charge in [-0.15, -0.1) is 0 Å². The predicted molar refractivity (Wildman–Crippen MR) is 39.0 cm³/mol. The lowest BCUT2D eigenvalue weighted by Gasteiger charge is -2.04. The summed E-state index contributed by atoms with van der Waals surface area (Å²) in [4.78, 5) is 3.34. The minimum Gasteiger partial charge on any atom is -0.255 e. The van der Waals surface area contributed by atoms with E-state index in [-0.39, 0.29) is 10.6 Å². The number of hydrogen-bond acceptors (Lipinski definition) is 1. The van der Waals surface area contributed by atoms with Gasteiger partial charge >= 0.3 is 0 Å². The monoisotopic (exact) mass is 195 g/mol. The van der Waals surface area contributed by atoms with Gasteiger partial charge in [-0.25, -0.2) is 13.2 Å². The summed E-state index contributed by atoms with van der Waals surface area (Å²) in [7, 11) is 0. The van der Waals surface area contributed by atoms with Gasteiger partial charge in [-0.3, -0.25) is 4.98 Å². The molecule has 1 rings (SSSR count). The normalized spacial score (nSPS) is 10.8. The molecule has 0 atom stereocenters. The van der Waals surface area contributed by atoms with Crippen LogP contribution in [0, 0.1) is 0 Å². The quantitative estimate of drug-likeness (QED) is 0.707. The molecule has 0 spiro atoms. The van der Waals surface area contributed by atoms with E-state index in [1.807, 2.05) is 0 Å². The van der Waals surface area contributed by atoms with Crippen LogP contribution in [0.4, 0.5) is 13.2 Å². The average molecular weight is 196 g/mol. The molecular weight excluding hydrogens is 191 g/mol. The summed E-state index contributed by atoms with van der Waals surface area (Å²) in [6, 6.07) is 1.28. The molecule has 1 aromatic rings. The molecule has 12 heavy (non-hydrogen) atoms. The van der Waals surface area contributed by atoms with E-state index in [1.54, 1.807) is 0 Å². The van der Waals surface area contributed by atoms with Crippen LogP contribution in [0.15, 0.2) is 12.3 Å². The van der Waals surface area contributed by atoms with E-state index in [2.05, 4.69) is 4.98 Å². The van der Waals surface area contributed by atoms with Crippen LogP contribution in [0.1, 0.15) is 17.7 Å². The fourth-order valence-corrected chi connectivity index (χ4v) is 1.01. The Bertz CT molecular complexity index is 277. The van der Waals surface area contributed by atoms with Crippen LogP contribution in [-0.4, -0.2) is 4.98 Å². The molecule has 0 bridgehead atoms. The van der Waals surface area contributed by atoms with E-state index in [4.69, 9.17) is 11.6 Å². The number of hydrogen-bond donors (Lipinski definition) is 0. The largest absolute Gasteiger partial charge is 0.280 e. The van der Waals surface area contributed by atoms with Gasteiger partial charge in [0.05, 0.1) is 0 Å². The Balaban J connectivity index is 3.18. The van der Waals surface area contributed by atoms with Gasteiger partial charge in [-0.2, -0.15) is 0 Å². The van der Waals surface area contributed by atoms with Gasteiger partial charge in [-0.05, 0) is 6.07 Å². The Labute approximate surface area is 72.2 Å². The first kappa shape index (κ1) is 9.32. The molecule has 1 heterocycles. The molecule has 66 valence electrons. The zero-order valence-electron chi connectivity index (χ0n) is 5.90. The zero-order valence-corrected chi connectivity index (χ0v) is 6.65. The van der Waals surface area contributed by atoms with Crippen molar-refractivity contribution >= 4 is 11.6 Å². The lowest BCUT2D eigenvalue weighted by atomic mass is 10.2. The van der Waals surface area contributed by atoms with Crippen LogP contribution < -0.4 is 0 Å². The molecule has 0 aliphatic carbocycles. The van der Waals surface area contributed by atoms with Gasteiger partial charge in [0.25, 0.3) is 6.43 Å². The highest BCUT2D eigenvalue weighted by Gasteiger charge is 2.16. The first-order valence-electron chi connectivity index (χ1n) is 3.14. The maximum Gasteiger partial charge on any atom is 0.280 e. The molecule has 0 aliphatic rings. The second-order valence-corrected chi connectivity index (χ2v) is 2.50. The van der Waals surface area contributed by atoms with Crippen LogP contribution in [-0.2, 0) is 6.67 Å². The molecule has 0 N–H and O–H groups in total. The Kier molecular flexibility index (Phi) is 2.92. The Morgan fingerprint density at radius 3 is 2.58 bits per heavy atom. The van der Waals surface area contributed by atoms with Crippen molar-refractivity contribution in [2.24, 2.45) is 0 Å². The van der Waals surface area contributed by atoms with Crippen molar-refractivity contribution in [2.75, 3.05) is 0 Å². The van der Waals surface area contributed by atoms with E-state index in [1.165, 1.54) is 6.07 Å². The molecule has 1 aromatic heterocycles. The summed E-state index contributed by atoms with van der Waals surface area (Å²) in [5.74, 6) is 0. The molecule has 1 nitrogen and oxygen atoms in total. The van der Waals surface area contributed by atoms with Crippen LogP contribution >= 0.6 is 11.6 Å². The third-order valence-corrected chi connectivity index (χ3v) is 1.73. The topological polar surface area (TPSA) is 12.9 Å². The lowest BCUT2D eigenvalue weighted by molar-refractivity contribution is 0.144. The van der Waals surface area contributed by atoms with E-state index in [0.717, 1.165) is 6.20 Å². The number of aromatic nitrogens is 1. The highest BCUT2D eigenvalue weighted by Crippen LogP contribution is 2.26. The van der Waals surface area contributed by atoms with Crippen LogP contribution in [0.25, 0.3) is 0 Å². The van der Waals surface area contributed by atoms with Crippen molar-refractivity contribution < 1.29 is 13.2 Å². The number of nitrogens with zero attached hydrogens (tertiary/aromatic N) is 1. The summed E-state index contributed by atoms with van der Waals surface area (Å²) in [6.45, 7) is -1.02. The number of halogens is 4. The SMILES string of the molecule is FCc1c(Cl)ccnc1C(F)F. The maximum atomic E-state index is 12.1. The van der Waals surface area contributed by atoms with Gasteiger partial charge in [0, 0.05) is 16.8 Å². The highest BCUT2D eigenvalue weighted by atomic mass is 35.5. The number of alkyl halides is 3. The average Bonchev–Trinajstić information content (AvgIpc) is 2.03. The minimum atomic E-state index is -2.78. The Morgan fingerprint density at radius 2 is 2.17 bits per heavy atom. The van der Waals surface area contributed by atoms with Gasteiger partial charge < -0.3 is 0 Å². The predicted octanol–water partition coefficient (Wildman–Crippen LogP) is 3.14. The molecule has 0 radical (unpaired) electrons. The second-order valence-electron chi connectivity index (χ2n) is 2.09. The third kappa shape index (κ3) is 1.69. The highest BCUT2D eigenvalue weighted by molar-refractivity contribution is 6.31. The molecule has 0 amide bonds. The molecular formula is C7H5ClF3N. The van der Waals surface area contributed by atoms with Gasteiger partial charge in [-0.1, -0.05) is 11.6 Å².